The maximum atomic E-state index is 12.1. The molecule has 2 aromatic heterocycles. The second-order valence-electron chi connectivity index (χ2n) is 6.01. The summed E-state index contributed by atoms with van der Waals surface area (Å²) in [6, 6.07) is 7.39. The van der Waals surface area contributed by atoms with Crippen molar-refractivity contribution in [3.8, 4) is 22.1 Å². The van der Waals surface area contributed by atoms with Gasteiger partial charge in [-0.2, -0.15) is 0 Å². The van der Waals surface area contributed by atoms with Crippen LogP contribution in [0.15, 0.2) is 42.0 Å². The summed E-state index contributed by atoms with van der Waals surface area (Å²) < 4.78 is 16.3. The monoisotopic (exact) mass is 414 g/mol. The third-order valence-electron chi connectivity index (χ3n) is 3.90. The van der Waals surface area contributed by atoms with Crippen LogP contribution in [0.4, 0.5) is 5.95 Å². The molecule has 0 radical (unpaired) electrons. The van der Waals surface area contributed by atoms with E-state index in [0.717, 1.165) is 10.6 Å². The van der Waals surface area contributed by atoms with Crippen LogP contribution < -0.4 is 14.4 Å². The smallest absolute Gasteiger partial charge is 0.326 e. The first kappa shape index (κ1) is 20.5. The summed E-state index contributed by atoms with van der Waals surface area (Å²) in [5.74, 6) is 1.43. The summed E-state index contributed by atoms with van der Waals surface area (Å²) in [5, 5.41) is 2.68. The number of benzene rings is 1. The molecule has 0 atom stereocenters. The van der Waals surface area contributed by atoms with Crippen molar-refractivity contribution >= 4 is 23.3 Å². The van der Waals surface area contributed by atoms with Crippen LogP contribution in [-0.4, -0.2) is 48.2 Å². The van der Waals surface area contributed by atoms with Gasteiger partial charge in [-0.05, 0) is 31.2 Å². The lowest BCUT2D eigenvalue weighted by atomic mass is 10.2. The minimum Gasteiger partial charge on any atom is -0.493 e. The SMILES string of the molecule is CCOc1ccc(-c2nc(COC(=O)CN(C)c3ncccn3)cs2)cc1OC. The van der Waals surface area contributed by atoms with Crippen molar-refractivity contribution in [2.75, 3.05) is 32.2 Å². The number of likely N-dealkylation sites (N-methyl/N-ethyl adjacent to an activating group) is 1. The van der Waals surface area contributed by atoms with Crippen LogP contribution in [0.25, 0.3) is 10.6 Å². The van der Waals surface area contributed by atoms with Crippen LogP contribution in [0, 0.1) is 0 Å². The van der Waals surface area contributed by atoms with Gasteiger partial charge in [0.1, 0.15) is 18.2 Å². The molecule has 0 aliphatic carbocycles. The lowest BCUT2D eigenvalue weighted by Gasteiger charge is -2.15. The van der Waals surface area contributed by atoms with E-state index in [-0.39, 0.29) is 19.1 Å². The first-order valence-corrected chi connectivity index (χ1v) is 9.88. The number of thiazole rings is 1. The molecule has 152 valence electrons. The van der Waals surface area contributed by atoms with Gasteiger partial charge in [0.25, 0.3) is 0 Å². The van der Waals surface area contributed by atoms with Gasteiger partial charge in [-0.3, -0.25) is 4.79 Å². The van der Waals surface area contributed by atoms with Crippen molar-refractivity contribution in [2.24, 2.45) is 0 Å². The van der Waals surface area contributed by atoms with Crippen molar-refractivity contribution in [1.29, 1.82) is 0 Å². The van der Waals surface area contributed by atoms with Gasteiger partial charge >= 0.3 is 5.97 Å². The molecule has 1 aromatic carbocycles. The van der Waals surface area contributed by atoms with Gasteiger partial charge in [0.2, 0.25) is 5.95 Å². The van der Waals surface area contributed by atoms with Crippen molar-refractivity contribution in [1.82, 2.24) is 15.0 Å². The molecule has 0 saturated heterocycles. The Labute approximate surface area is 173 Å². The minimum absolute atomic E-state index is 0.0527. The predicted molar refractivity (Wildman–Crippen MR) is 110 cm³/mol. The molecule has 0 unspecified atom stereocenters. The third-order valence-corrected chi connectivity index (χ3v) is 4.84. The average molecular weight is 414 g/mol. The van der Waals surface area contributed by atoms with Gasteiger partial charge in [0, 0.05) is 30.4 Å². The molecule has 8 nitrogen and oxygen atoms in total. The van der Waals surface area contributed by atoms with Crippen LogP contribution in [0.2, 0.25) is 0 Å². The topological polar surface area (TPSA) is 86.7 Å². The Balaban J connectivity index is 1.58. The van der Waals surface area contributed by atoms with Gasteiger partial charge < -0.3 is 19.1 Å². The first-order valence-electron chi connectivity index (χ1n) is 9.00. The van der Waals surface area contributed by atoms with Gasteiger partial charge in [-0.1, -0.05) is 0 Å². The Kier molecular flexibility index (Phi) is 6.96. The maximum absolute atomic E-state index is 12.1. The highest BCUT2D eigenvalue weighted by Gasteiger charge is 2.13. The van der Waals surface area contributed by atoms with E-state index < -0.39 is 0 Å². The summed E-state index contributed by atoms with van der Waals surface area (Å²) in [6.45, 7) is 2.64. The summed E-state index contributed by atoms with van der Waals surface area (Å²) in [6.07, 6.45) is 3.24. The number of carbonyl (C=O) groups is 1. The largest absolute Gasteiger partial charge is 0.493 e. The molecule has 3 rings (SSSR count). The van der Waals surface area contributed by atoms with E-state index in [2.05, 4.69) is 15.0 Å². The second kappa shape index (κ2) is 9.83. The van der Waals surface area contributed by atoms with E-state index in [1.165, 1.54) is 11.3 Å². The number of rotatable bonds is 9. The van der Waals surface area contributed by atoms with Crippen molar-refractivity contribution in [2.45, 2.75) is 13.5 Å². The Hall–Kier alpha value is -3.20. The fourth-order valence-electron chi connectivity index (χ4n) is 2.53. The van der Waals surface area contributed by atoms with Crippen molar-refractivity contribution in [3.05, 3.63) is 47.7 Å². The number of hydrogen-bond acceptors (Lipinski definition) is 9. The number of carbonyl (C=O) groups excluding carboxylic acids is 1. The van der Waals surface area contributed by atoms with Gasteiger partial charge in [-0.25, -0.2) is 15.0 Å². The Morgan fingerprint density at radius 1 is 1.21 bits per heavy atom. The Bertz CT molecular complexity index is 949. The average Bonchev–Trinajstić information content (AvgIpc) is 3.22. The van der Waals surface area contributed by atoms with Crippen molar-refractivity contribution in [3.63, 3.8) is 0 Å². The molecule has 29 heavy (non-hydrogen) atoms. The molecule has 0 aliphatic heterocycles. The second-order valence-corrected chi connectivity index (χ2v) is 6.87. The number of methoxy groups -OCH3 is 1. The summed E-state index contributed by atoms with van der Waals surface area (Å²) >= 11 is 1.47. The normalized spacial score (nSPS) is 10.4. The van der Waals surface area contributed by atoms with Crippen LogP contribution in [0.1, 0.15) is 12.6 Å². The van der Waals surface area contributed by atoms with Gasteiger partial charge in [0.05, 0.1) is 19.4 Å². The maximum Gasteiger partial charge on any atom is 0.326 e. The molecule has 9 heteroatoms. The van der Waals surface area contributed by atoms with Gasteiger partial charge in [-0.15, -0.1) is 11.3 Å². The van der Waals surface area contributed by atoms with Crippen LogP contribution in [0.3, 0.4) is 0 Å². The molecule has 2 heterocycles. The van der Waals surface area contributed by atoms with E-state index in [1.807, 2.05) is 30.5 Å². The molecular formula is C20H22N4O4S. The molecule has 0 amide bonds. The summed E-state index contributed by atoms with van der Waals surface area (Å²) in [4.78, 5) is 26.5. The van der Waals surface area contributed by atoms with Crippen LogP contribution >= 0.6 is 11.3 Å². The third kappa shape index (κ3) is 5.41. The lowest BCUT2D eigenvalue weighted by molar-refractivity contribution is -0.143. The van der Waals surface area contributed by atoms with Crippen LogP contribution in [0.5, 0.6) is 11.5 Å². The minimum atomic E-state index is -0.378. The standard InChI is InChI=1S/C20H22N4O4S/c1-4-27-16-7-6-14(10-17(16)26-3)19-23-15(13-29-19)12-28-18(25)11-24(2)20-21-8-5-9-22-20/h5-10,13H,4,11-12H2,1-3H3. The number of anilines is 1. The number of aromatic nitrogens is 3. The Morgan fingerprint density at radius 2 is 2.00 bits per heavy atom. The fraction of sp³-hybridized carbons (Fsp3) is 0.300. The zero-order chi connectivity index (χ0) is 20.6. The van der Waals surface area contributed by atoms with Gasteiger partial charge in [0.15, 0.2) is 11.5 Å². The predicted octanol–water partition coefficient (Wildman–Crippen LogP) is 3.19. The molecule has 0 saturated carbocycles. The van der Waals surface area contributed by atoms with Crippen molar-refractivity contribution < 1.29 is 19.0 Å². The summed E-state index contributed by atoms with van der Waals surface area (Å²) in [7, 11) is 3.34. The Morgan fingerprint density at radius 3 is 2.72 bits per heavy atom. The number of nitrogens with zero attached hydrogens (tertiary/aromatic N) is 4. The molecular weight excluding hydrogens is 392 g/mol. The first-order chi connectivity index (χ1) is 14.1. The molecule has 3 aromatic rings. The van der Waals surface area contributed by atoms with Crippen LogP contribution in [-0.2, 0) is 16.1 Å². The zero-order valence-corrected chi connectivity index (χ0v) is 17.3. The molecule has 0 fully saturated rings. The summed E-state index contributed by atoms with van der Waals surface area (Å²) in [5.41, 5.74) is 1.60. The van der Waals surface area contributed by atoms with E-state index >= 15 is 0 Å². The number of ether oxygens (including phenoxy) is 3. The highest BCUT2D eigenvalue weighted by molar-refractivity contribution is 7.13. The quantitative estimate of drug-likeness (QED) is 0.494. The molecule has 0 spiro atoms. The highest BCUT2D eigenvalue weighted by atomic mass is 32.1. The molecule has 0 aliphatic rings. The van der Waals surface area contributed by atoms with E-state index in [0.29, 0.717) is 29.7 Å². The highest BCUT2D eigenvalue weighted by Crippen LogP contribution is 2.33. The zero-order valence-electron chi connectivity index (χ0n) is 16.5. The van der Waals surface area contributed by atoms with E-state index in [9.17, 15) is 4.79 Å². The molecule has 0 bridgehead atoms. The number of esters is 1. The van der Waals surface area contributed by atoms with E-state index in [4.69, 9.17) is 14.2 Å². The molecule has 0 N–H and O–H groups in total. The van der Waals surface area contributed by atoms with E-state index in [1.54, 1.807) is 37.5 Å². The fourth-order valence-corrected chi connectivity index (χ4v) is 3.34. The lowest BCUT2D eigenvalue weighted by Crippen LogP contribution is -2.28. The number of hydrogen-bond donors (Lipinski definition) is 0.